The lowest BCUT2D eigenvalue weighted by molar-refractivity contribution is -0.870. The second-order valence-electron chi connectivity index (χ2n) is 18.5. The summed E-state index contributed by atoms with van der Waals surface area (Å²) in [5.41, 5.74) is 0. The van der Waals surface area contributed by atoms with E-state index in [0.29, 0.717) is 17.4 Å². The summed E-state index contributed by atoms with van der Waals surface area (Å²) in [5.74, 6) is -0.798. The molecule has 2 atom stereocenters. The smallest absolute Gasteiger partial charge is 0.462 e. The number of carbonyl (C=O) groups excluding carboxylic acids is 2. The van der Waals surface area contributed by atoms with E-state index in [1.807, 2.05) is 21.1 Å². The molecule has 0 amide bonds. The monoisotopic (exact) mass is 897 g/mol. The number of hydrogen-bond donors (Lipinski definition) is 1. The number of rotatable bonds is 47. The van der Waals surface area contributed by atoms with Crippen LogP contribution in [0.15, 0.2) is 36.5 Å². The van der Waals surface area contributed by atoms with Crippen LogP contribution in [0.25, 0.3) is 0 Å². The molecule has 0 rings (SSSR count). The summed E-state index contributed by atoms with van der Waals surface area (Å²) >= 11 is 0. The summed E-state index contributed by atoms with van der Waals surface area (Å²) in [6.07, 6.45) is 51.9. The number of allylic oxidation sites excluding steroid dienone is 6. The number of ether oxygens (including phenoxy) is 2. The first kappa shape index (κ1) is 60.2. The first-order valence-electron chi connectivity index (χ1n) is 25.7. The van der Waals surface area contributed by atoms with E-state index < -0.39 is 26.5 Å². The van der Waals surface area contributed by atoms with E-state index in [1.165, 1.54) is 154 Å². The molecular formula is C52H99NO8P+. The summed E-state index contributed by atoms with van der Waals surface area (Å²) < 4.78 is 34.5. The van der Waals surface area contributed by atoms with Gasteiger partial charge in [-0.2, -0.15) is 0 Å². The minimum Gasteiger partial charge on any atom is -0.462 e. The molecule has 1 N–H and O–H groups in total. The molecule has 0 spiro atoms. The normalized spacial score (nSPS) is 13.7. The standard InChI is InChI=1S/C52H98NO8P/c1-6-8-10-12-14-16-18-20-22-24-26-28-30-32-34-36-38-40-42-44-51(54)58-48-50(49-60-62(56,57)59-47-46-53(3,4)5)61-52(55)45-43-41-39-37-35-33-31-29-27-25-23-21-19-17-15-13-11-9-7-2/h14,16,20-23,50H,6-13,15,17-19,24-49H2,1-5H3/p+1/b16-14-,22-20-,23-21-/t50-/m1/s1. The van der Waals surface area contributed by atoms with Gasteiger partial charge in [-0.1, -0.05) is 185 Å². The van der Waals surface area contributed by atoms with Crippen molar-refractivity contribution >= 4 is 19.8 Å². The average molecular weight is 897 g/mol. The molecule has 9 nitrogen and oxygen atoms in total. The highest BCUT2D eigenvalue weighted by atomic mass is 31.2. The van der Waals surface area contributed by atoms with Crippen molar-refractivity contribution in [1.82, 2.24) is 0 Å². The van der Waals surface area contributed by atoms with E-state index in [-0.39, 0.29) is 32.0 Å². The Morgan fingerprint density at radius 3 is 1.32 bits per heavy atom. The van der Waals surface area contributed by atoms with E-state index in [9.17, 15) is 19.0 Å². The van der Waals surface area contributed by atoms with Gasteiger partial charge in [-0.15, -0.1) is 0 Å². The first-order valence-corrected chi connectivity index (χ1v) is 27.2. The Labute approximate surface area is 382 Å². The second kappa shape index (κ2) is 44.4. The fourth-order valence-corrected chi connectivity index (χ4v) is 7.84. The maximum atomic E-state index is 12.8. The van der Waals surface area contributed by atoms with Crippen LogP contribution in [0.4, 0.5) is 0 Å². The van der Waals surface area contributed by atoms with Crippen LogP contribution in [0.5, 0.6) is 0 Å². The van der Waals surface area contributed by atoms with Crippen LogP contribution in [-0.2, 0) is 32.7 Å². The van der Waals surface area contributed by atoms with Gasteiger partial charge in [0.2, 0.25) is 0 Å². The quantitative estimate of drug-likeness (QED) is 0.0212. The highest BCUT2D eigenvalue weighted by molar-refractivity contribution is 7.47. The van der Waals surface area contributed by atoms with E-state index in [1.54, 1.807) is 0 Å². The van der Waals surface area contributed by atoms with Crippen molar-refractivity contribution in [3.63, 3.8) is 0 Å². The zero-order valence-electron chi connectivity index (χ0n) is 41.1. The molecular weight excluding hydrogens is 798 g/mol. The third kappa shape index (κ3) is 47.7. The van der Waals surface area contributed by atoms with Gasteiger partial charge in [-0.25, -0.2) is 4.57 Å². The third-order valence-electron chi connectivity index (χ3n) is 11.1. The van der Waals surface area contributed by atoms with Gasteiger partial charge in [0.15, 0.2) is 6.10 Å². The molecule has 1 unspecified atom stereocenters. The largest absolute Gasteiger partial charge is 0.472 e. The van der Waals surface area contributed by atoms with E-state index in [4.69, 9.17) is 18.5 Å². The van der Waals surface area contributed by atoms with E-state index in [0.717, 1.165) is 44.9 Å². The number of unbranched alkanes of at least 4 members (excludes halogenated alkanes) is 27. The third-order valence-corrected chi connectivity index (χ3v) is 12.1. The molecule has 0 heterocycles. The van der Waals surface area contributed by atoms with Crippen molar-refractivity contribution in [2.24, 2.45) is 0 Å². The Kier molecular flexibility index (Phi) is 43.2. The van der Waals surface area contributed by atoms with Crippen molar-refractivity contribution in [2.45, 2.75) is 238 Å². The van der Waals surface area contributed by atoms with E-state index >= 15 is 0 Å². The highest BCUT2D eigenvalue weighted by Gasteiger charge is 2.27. The molecule has 0 fully saturated rings. The van der Waals surface area contributed by atoms with Crippen LogP contribution < -0.4 is 0 Å². The molecule has 0 aromatic rings. The van der Waals surface area contributed by atoms with Crippen LogP contribution in [0.3, 0.4) is 0 Å². The Morgan fingerprint density at radius 1 is 0.500 bits per heavy atom. The lowest BCUT2D eigenvalue weighted by atomic mass is 10.1. The maximum absolute atomic E-state index is 12.8. The molecule has 0 aliphatic carbocycles. The summed E-state index contributed by atoms with van der Waals surface area (Å²) in [5, 5.41) is 0. The van der Waals surface area contributed by atoms with Gasteiger partial charge in [0, 0.05) is 12.8 Å². The number of carbonyl (C=O) groups is 2. The first-order chi connectivity index (χ1) is 30.0. The number of phosphoric acid groups is 1. The fourth-order valence-electron chi connectivity index (χ4n) is 7.10. The summed E-state index contributed by atoms with van der Waals surface area (Å²) in [7, 11) is 1.48. The zero-order chi connectivity index (χ0) is 45.7. The van der Waals surface area contributed by atoms with Crippen LogP contribution in [0, 0.1) is 0 Å². The van der Waals surface area contributed by atoms with Gasteiger partial charge in [-0.3, -0.25) is 18.6 Å². The molecule has 0 aromatic carbocycles. The summed E-state index contributed by atoms with van der Waals surface area (Å²) in [6, 6.07) is 0. The van der Waals surface area contributed by atoms with Crippen molar-refractivity contribution < 1.29 is 42.1 Å². The molecule has 0 saturated carbocycles. The summed E-state index contributed by atoms with van der Waals surface area (Å²) in [4.78, 5) is 35.5. The Balaban J connectivity index is 4.25. The zero-order valence-corrected chi connectivity index (χ0v) is 42.0. The second-order valence-corrected chi connectivity index (χ2v) is 20.0. The van der Waals surface area contributed by atoms with Gasteiger partial charge < -0.3 is 18.9 Å². The minimum atomic E-state index is -4.38. The van der Waals surface area contributed by atoms with Crippen molar-refractivity contribution in [3.8, 4) is 0 Å². The minimum absolute atomic E-state index is 0.0310. The predicted molar refractivity (Wildman–Crippen MR) is 261 cm³/mol. The molecule has 0 radical (unpaired) electrons. The number of phosphoric ester groups is 1. The molecule has 0 bridgehead atoms. The van der Waals surface area contributed by atoms with Gasteiger partial charge in [0.1, 0.15) is 19.8 Å². The fraction of sp³-hybridized carbons (Fsp3) is 0.846. The lowest BCUT2D eigenvalue weighted by Crippen LogP contribution is -2.37. The topological polar surface area (TPSA) is 108 Å². The SMILES string of the molecule is CCCCC/C=C\C/C=C\CCCCCCCCCCCC(=O)OC[C@H](COP(=O)(O)OCC[N+](C)(C)C)OC(=O)CCCCCCCCCCC/C=C\CCCCCCCC. The molecule has 62 heavy (non-hydrogen) atoms. The molecule has 10 heteroatoms. The van der Waals surface area contributed by atoms with Crippen LogP contribution in [-0.4, -0.2) is 74.9 Å². The van der Waals surface area contributed by atoms with Gasteiger partial charge in [0.05, 0.1) is 27.7 Å². The number of esters is 2. The van der Waals surface area contributed by atoms with Crippen LogP contribution >= 0.6 is 7.82 Å². The summed E-state index contributed by atoms with van der Waals surface area (Å²) in [6.45, 7) is 4.42. The number of nitrogens with zero attached hydrogens (tertiary/aromatic N) is 1. The molecule has 364 valence electrons. The van der Waals surface area contributed by atoms with Crippen molar-refractivity contribution in [2.75, 3.05) is 47.5 Å². The Hall–Kier alpha value is -1.77. The average Bonchev–Trinajstić information content (AvgIpc) is 3.23. The molecule has 0 aliphatic rings. The van der Waals surface area contributed by atoms with Gasteiger partial charge >= 0.3 is 19.8 Å². The van der Waals surface area contributed by atoms with Crippen LogP contribution in [0.1, 0.15) is 232 Å². The van der Waals surface area contributed by atoms with Gasteiger partial charge in [0.25, 0.3) is 0 Å². The number of likely N-dealkylation sites (N-methyl/N-ethyl adjacent to an activating group) is 1. The Bertz CT molecular complexity index is 1150. The Morgan fingerprint density at radius 2 is 0.871 bits per heavy atom. The maximum Gasteiger partial charge on any atom is 0.472 e. The lowest BCUT2D eigenvalue weighted by Gasteiger charge is -2.24. The number of hydrogen-bond acceptors (Lipinski definition) is 7. The van der Waals surface area contributed by atoms with Gasteiger partial charge in [-0.05, 0) is 70.6 Å². The molecule has 0 aromatic heterocycles. The molecule has 0 saturated heterocycles. The van der Waals surface area contributed by atoms with E-state index in [2.05, 4.69) is 50.3 Å². The van der Waals surface area contributed by atoms with Crippen molar-refractivity contribution in [1.29, 1.82) is 0 Å². The van der Waals surface area contributed by atoms with Crippen molar-refractivity contribution in [3.05, 3.63) is 36.5 Å². The predicted octanol–water partition coefficient (Wildman–Crippen LogP) is 15.3. The number of quaternary nitrogens is 1. The van der Waals surface area contributed by atoms with Crippen LogP contribution in [0.2, 0.25) is 0 Å². The highest BCUT2D eigenvalue weighted by Crippen LogP contribution is 2.43. The molecule has 0 aliphatic heterocycles.